The van der Waals surface area contributed by atoms with Crippen molar-refractivity contribution in [1.29, 1.82) is 0 Å². The van der Waals surface area contributed by atoms with Gasteiger partial charge in [-0.25, -0.2) is 4.98 Å². The molecule has 0 aliphatic rings. The molecule has 3 nitrogen and oxygen atoms in total. The van der Waals surface area contributed by atoms with E-state index in [1.165, 1.54) is 5.56 Å². The van der Waals surface area contributed by atoms with Gasteiger partial charge < -0.3 is 0 Å². The molecule has 1 heterocycles. The van der Waals surface area contributed by atoms with Crippen LogP contribution >= 0.6 is 11.6 Å². The monoisotopic (exact) mass is 263 g/mol. The van der Waals surface area contributed by atoms with Gasteiger partial charge in [0.25, 0.3) is 0 Å². The van der Waals surface area contributed by atoms with Gasteiger partial charge in [0, 0.05) is 13.0 Å². The van der Waals surface area contributed by atoms with Crippen LogP contribution in [0.25, 0.3) is 0 Å². The van der Waals surface area contributed by atoms with E-state index in [4.69, 9.17) is 11.6 Å². The molecule has 1 unspecified atom stereocenters. The Bertz CT molecular complexity index is 467. The SMILES string of the molecule is CCCn1ncnc1CCC(Cl)c1ccccc1. The van der Waals surface area contributed by atoms with Gasteiger partial charge in [-0.1, -0.05) is 37.3 Å². The quantitative estimate of drug-likeness (QED) is 0.746. The average molecular weight is 264 g/mol. The minimum atomic E-state index is 0.0398. The summed E-state index contributed by atoms with van der Waals surface area (Å²) >= 11 is 6.40. The fourth-order valence-electron chi connectivity index (χ4n) is 1.96. The minimum Gasteiger partial charge on any atom is -0.250 e. The highest BCUT2D eigenvalue weighted by Gasteiger charge is 2.10. The first-order chi connectivity index (χ1) is 8.81. The van der Waals surface area contributed by atoms with Crippen LogP contribution in [0.2, 0.25) is 0 Å². The Morgan fingerprint density at radius 3 is 2.78 bits per heavy atom. The molecule has 0 radical (unpaired) electrons. The van der Waals surface area contributed by atoms with Crippen molar-refractivity contribution in [1.82, 2.24) is 14.8 Å². The Hall–Kier alpha value is -1.35. The third-order valence-corrected chi connectivity index (χ3v) is 3.38. The normalized spacial score (nSPS) is 12.6. The van der Waals surface area contributed by atoms with Crippen LogP contribution < -0.4 is 0 Å². The molecule has 0 N–H and O–H groups in total. The van der Waals surface area contributed by atoms with Crippen LogP contribution in [0.3, 0.4) is 0 Å². The van der Waals surface area contributed by atoms with Crippen LogP contribution in [0.15, 0.2) is 36.7 Å². The van der Waals surface area contributed by atoms with E-state index in [-0.39, 0.29) is 5.38 Å². The molecule has 1 atom stereocenters. The molecular weight excluding hydrogens is 246 g/mol. The summed E-state index contributed by atoms with van der Waals surface area (Å²) in [7, 11) is 0. The number of alkyl halides is 1. The van der Waals surface area contributed by atoms with Crippen LogP contribution in [0, 0.1) is 0 Å². The van der Waals surface area contributed by atoms with Crippen molar-refractivity contribution in [2.45, 2.75) is 38.1 Å². The standard InChI is InChI=1S/C14H18ClN3/c1-2-10-18-14(16-11-17-18)9-8-13(15)12-6-4-3-5-7-12/h3-7,11,13H,2,8-10H2,1H3. The molecule has 1 aromatic carbocycles. The molecule has 0 saturated heterocycles. The average Bonchev–Trinajstić information content (AvgIpc) is 2.85. The number of rotatable bonds is 6. The van der Waals surface area contributed by atoms with Gasteiger partial charge in [0.05, 0.1) is 5.38 Å². The molecule has 0 amide bonds. The molecule has 0 saturated carbocycles. The molecular formula is C14H18ClN3. The Morgan fingerprint density at radius 1 is 1.28 bits per heavy atom. The van der Waals surface area contributed by atoms with Gasteiger partial charge in [-0.3, -0.25) is 4.68 Å². The molecule has 2 rings (SSSR count). The summed E-state index contributed by atoms with van der Waals surface area (Å²) in [6, 6.07) is 10.2. The Balaban J connectivity index is 1.93. The highest BCUT2D eigenvalue weighted by molar-refractivity contribution is 6.20. The molecule has 0 aliphatic heterocycles. The van der Waals surface area contributed by atoms with Crippen molar-refractivity contribution >= 4 is 11.6 Å². The van der Waals surface area contributed by atoms with E-state index >= 15 is 0 Å². The van der Waals surface area contributed by atoms with E-state index in [2.05, 4.69) is 29.1 Å². The van der Waals surface area contributed by atoms with Crippen molar-refractivity contribution in [2.24, 2.45) is 0 Å². The molecule has 0 spiro atoms. The number of aromatic nitrogens is 3. The van der Waals surface area contributed by atoms with E-state index in [9.17, 15) is 0 Å². The van der Waals surface area contributed by atoms with E-state index in [1.807, 2.05) is 22.9 Å². The number of benzene rings is 1. The van der Waals surface area contributed by atoms with Gasteiger partial charge in [0.1, 0.15) is 12.2 Å². The lowest BCUT2D eigenvalue weighted by Crippen LogP contribution is -2.06. The second-order valence-electron chi connectivity index (χ2n) is 4.32. The summed E-state index contributed by atoms with van der Waals surface area (Å²) in [6.45, 7) is 3.06. The van der Waals surface area contributed by atoms with Crippen molar-refractivity contribution < 1.29 is 0 Å². The van der Waals surface area contributed by atoms with Crippen LogP contribution in [0.5, 0.6) is 0 Å². The maximum absolute atomic E-state index is 6.40. The predicted molar refractivity (Wildman–Crippen MR) is 73.7 cm³/mol. The lowest BCUT2D eigenvalue weighted by molar-refractivity contribution is 0.559. The first kappa shape index (κ1) is 13.1. The highest BCUT2D eigenvalue weighted by Crippen LogP contribution is 2.25. The summed E-state index contributed by atoms with van der Waals surface area (Å²) in [4.78, 5) is 4.29. The van der Waals surface area contributed by atoms with Gasteiger partial charge in [-0.15, -0.1) is 11.6 Å². The lowest BCUT2D eigenvalue weighted by Gasteiger charge is -2.09. The largest absolute Gasteiger partial charge is 0.250 e. The van der Waals surface area contributed by atoms with Crippen LogP contribution in [-0.4, -0.2) is 14.8 Å². The zero-order valence-corrected chi connectivity index (χ0v) is 11.3. The fraction of sp³-hybridized carbons (Fsp3) is 0.429. The molecule has 18 heavy (non-hydrogen) atoms. The molecule has 0 bridgehead atoms. The summed E-state index contributed by atoms with van der Waals surface area (Å²) in [5.74, 6) is 1.03. The fourth-order valence-corrected chi connectivity index (χ4v) is 2.22. The van der Waals surface area contributed by atoms with Gasteiger partial charge in [0.15, 0.2) is 0 Å². The van der Waals surface area contributed by atoms with E-state index < -0.39 is 0 Å². The number of nitrogens with zero attached hydrogens (tertiary/aromatic N) is 3. The van der Waals surface area contributed by atoms with Crippen molar-refractivity contribution in [2.75, 3.05) is 0 Å². The highest BCUT2D eigenvalue weighted by atomic mass is 35.5. The molecule has 4 heteroatoms. The Morgan fingerprint density at radius 2 is 2.06 bits per heavy atom. The Kier molecular flexibility index (Phi) is 4.76. The molecule has 0 fully saturated rings. The summed E-state index contributed by atoms with van der Waals surface area (Å²) < 4.78 is 1.97. The topological polar surface area (TPSA) is 30.7 Å². The van der Waals surface area contributed by atoms with Crippen molar-refractivity contribution in [3.8, 4) is 0 Å². The number of hydrogen-bond acceptors (Lipinski definition) is 2. The maximum Gasteiger partial charge on any atom is 0.138 e. The second-order valence-corrected chi connectivity index (χ2v) is 4.84. The minimum absolute atomic E-state index is 0.0398. The zero-order valence-electron chi connectivity index (χ0n) is 10.6. The van der Waals surface area contributed by atoms with Gasteiger partial charge in [-0.05, 0) is 18.4 Å². The molecule has 2 aromatic rings. The van der Waals surface area contributed by atoms with E-state index in [0.717, 1.165) is 31.6 Å². The van der Waals surface area contributed by atoms with E-state index in [0.29, 0.717) is 0 Å². The van der Waals surface area contributed by atoms with Crippen molar-refractivity contribution in [3.05, 3.63) is 48.0 Å². The number of aryl methyl sites for hydroxylation is 2. The molecule has 96 valence electrons. The predicted octanol–water partition coefficient (Wildman–Crippen LogP) is 3.60. The number of hydrogen-bond donors (Lipinski definition) is 0. The van der Waals surface area contributed by atoms with Crippen molar-refractivity contribution in [3.63, 3.8) is 0 Å². The lowest BCUT2D eigenvalue weighted by atomic mass is 10.1. The molecule has 1 aromatic heterocycles. The first-order valence-electron chi connectivity index (χ1n) is 6.37. The van der Waals surface area contributed by atoms with Gasteiger partial charge in [0.2, 0.25) is 0 Å². The van der Waals surface area contributed by atoms with Crippen LogP contribution in [-0.2, 0) is 13.0 Å². The van der Waals surface area contributed by atoms with Crippen LogP contribution in [0.1, 0.15) is 36.5 Å². The third-order valence-electron chi connectivity index (χ3n) is 2.91. The first-order valence-corrected chi connectivity index (χ1v) is 6.80. The molecule has 0 aliphatic carbocycles. The summed E-state index contributed by atoms with van der Waals surface area (Å²) in [5, 5.41) is 4.26. The van der Waals surface area contributed by atoms with Gasteiger partial charge >= 0.3 is 0 Å². The second kappa shape index (κ2) is 6.55. The Labute approximate surface area is 113 Å². The van der Waals surface area contributed by atoms with Gasteiger partial charge in [-0.2, -0.15) is 5.10 Å². The maximum atomic E-state index is 6.40. The smallest absolute Gasteiger partial charge is 0.138 e. The van der Waals surface area contributed by atoms with Crippen LogP contribution in [0.4, 0.5) is 0 Å². The third kappa shape index (κ3) is 3.33. The number of halogens is 1. The zero-order chi connectivity index (χ0) is 12.8. The van der Waals surface area contributed by atoms with E-state index in [1.54, 1.807) is 6.33 Å². The summed E-state index contributed by atoms with van der Waals surface area (Å²) in [5.41, 5.74) is 1.17. The summed E-state index contributed by atoms with van der Waals surface area (Å²) in [6.07, 6.45) is 4.44.